The molecule has 7 nitrogen and oxygen atoms in total. The van der Waals surface area contributed by atoms with Gasteiger partial charge in [0.2, 0.25) is 0 Å². The van der Waals surface area contributed by atoms with Crippen molar-refractivity contribution in [2.45, 2.75) is 0 Å². The number of aromatic nitrogens is 6. The topological polar surface area (TPSA) is 38.7 Å². The van der Waals surface area contributed by atoms with Crippen molar-refractivity contribution >= 4 is 115 Å². The molecule has 111 heavy (non-hydrogen) atoms. The van der Waals surface area contributed by atoms with Gasteiger partial charge in [0.05, 0.1) is 51.2 Å². The average Bonchev–Trinajstić information content (AvgIpc) is 1.62. The molecular weight excluding hydrogens is 1530 g/mol. The number of fused-ring (bicyclic) bond motifs is 12. The van der Waals surface area contributed by atoms with Crippen molar-refractivity contribution in [3.63, 3.8) is 0 Å². The molecule has 0 atom stereocenters. The van der Waals surface area contributed by atoms with Crippen LogP contribution >= 0.6 is 0 Å². The van der Waals surface area contributed by atoms with Gasteiger partial charge in [-0.1, -0.05) is 200 Å². The minimum atomic E-state index is 0. The number of hydrogen-bond donors (Lipinski definition) is 0. The Kier molecular flexibility index (Phi) is 19.3. The SMILES string of the molecule is [CH2-][n+]1ccc2ccccc2c1-c1[c-]cccc1.[CH2-]c1ccccc1-c1c2ccccc2cc[n+]1[CH2-].[CH2-]c1ccccc1-c1nccc2ccccc12.[Ir].c1ccc2c(c1)c1ccccc1n2-c1ccc(N(c2ccc(-n3c4ccccc4c4ccccc43)cc2)c2ccc(-n3c4ccccc4c4ccccc43)cc2)cc1. The molecule has 0 fully saturated rings. The van der Waals surface area contributed by atoms with Crippen LogP contribution in [0.15, 0.2) is 401 Å². The smallest absolute Gasteiger partial charge is 0.122 e. The molecule has 533 valence electrons. The third-order valence-electron chi connectivity index (χ3n) is 20.9. The standard InChI is InChI=1S/C54H36N4.C17H14N.2C16H12N.Ir/c1-7-19-49-43(13-1)44-14-2-8-20-50(44)56(49)40-31-25-37(26-32-40)55(38-27-33-41(34-28-38)57-51-21-9-3-15-45(51)46-16-4-10-22-52(46)57)39-29-35-42(36-30-39)58-53-23-11-5-17-47(53)48-18-6-12-24-54(48)58;1-13-7-3-5-9-15(13)17-16-10-6-4-8-14(16)11-12-18(17)2;1-12-6-2-4-8-14(12)16-15-9-5-3-7-13(15)10-11-17-16;1-17-12-11-13-7-5-6-10-15(13)16(17)14-8-3-2-4-9-14;/h1-36H;3-12H,1-2H2;2-11H,1H2;2-8,10-12H,1H2;/q;3*-1;. The summed E-state index contributed by atoms with van der Waals surface area (Å²) in [5, 5.41) is 14.8. The molecular formula is C103H74IrN7-3. The number of nitrogens with zero attached hydrogens (tertiary/aromatic N) is 7. The summed E-state index contributed by atoms with van der Waals surface area (Å²) >= 11 is 0. The molecule has 21 rings (SSSR count). The zero-order chi connectivity index (χ0) is 74.0. The van der Waals surface area contributed by atoms with Gasteiger partial charge in [-0.05, 0) is 154 Å². The van der Waals surface area contributed by atoms with Crippen LogP contribution in [0.2, 0.25) is 0 Å². The van der Waals surface area contributed by atoms with Crippen LogP contribution in [0.5, 0.6) is 0 Å². The number of hydrogen-bond acceptors (Lipinski definition) is 2. The fraction of sp³-hybridized carbons (Fsp3) is 0. The van der Waals surface area contributed by atoms with Crippen LogP contribution in [0, 0.1) is 34.0 Å². The van der Waals surface area contributed by atoms with E-state index in [2.05, 4.69) is 361 Å². The maximum Gasteiger partial charge on any atom is 0.122 e. The summed E-state index contributed by atoms with van der Waals surface area (Å²) in [5.41, 5.74) is 22.4. The molecule has 6 aromatic heterocycles. The molecule has 0 saturated heterocycles. The Bertz CT molecular complexity index is 6420. The van der Waals surface area contributed by atoms with Gasteiger partial charge >= 0.3 is 0 Å². The molecule has 0 spiro atoms. The van der Waals surface area contributed by atoms with Gasteiger partial charge in [0.15, 0.2) is 0 Å². The van der Waals surface area contributed by atoms with Crippen LogP contribution in [0.3, 0.4) is 0 Å². The largest absolute Gasteiger partial charge is 0.343 e. The Morgan fingerprint density at radius 2 is 0.586 bits per heavy atom. The maximum atomic E-state index is 4.50. The molecule has 0 amide bonds. The normalized spacial score (nSPS) is 11.1. The third-order valence-corrected chi connectivity index (χ3v) is 20.9. The summed E-state index contributed by atoms with van der Waals surface area (Å²) in [6, 6.07) is 138. The molecule has 0 saturated carbocycles. The molecule has 8 heteroatoms. The van der Waals surface area contributed by atoms with E-state index in [1.807, 2.05) is 107 Å². The Morgan fingerprint density at radius 1 is 0.279 bits per heavy atom. The van der Waals surface area contributed by atoms with Crippen molar-refractivity contribution in [2.24, 2.45) is 0 Å². The first kappa shape index (κ1) is 69.9. The average molecular weight is 1600 g/mol. The van der Waals surface area contributed by atoms with Crippen LogP contribution in [0.25, 0.3) is 149 Å². The van der Waals surface area contributed by atoms with Gasteiger partial charge in [-0.2, -0.15) is 37.1 Å². The van der Waals surface area contributed by atoms with Crippen LogP contribution in [0.1, 0.15) is 11.1 Å². The zero-order valence-corrected chi connectivity index (χ0v) is 63.3. The van der Waals surface area contributed by atoms with Crippen LogP contribution in [0.4, 0.5) is 17.1 Å². The van der Waals surface area contributed by atoms with Crippen molar-refractivity contribution in [3.05, 3.63) is 446 Å². The number of rotatable bonds is 9. The van der Waals surface area contributed by atoms with Crippen molar-refractivity contribution in [2.75, 3.05) is 4.90 Å². The molecule has 21 aromatic rings. The fourth-order valence-corrected chi connectivity index (χ4v) is 15.8. The first-order chi connectivity index (χ1) is 54.3. The number of para-hydroxylation sites is 6. The second-order valence-corrected chi connectivity index (χ2v) is 27.4. The summed E-state index contributed by atoms with van der Waals surface area (Å²) in [6.45, 7) is 8.17. The minimum absolute atomic E-state index is 0. The van der Waals surface area contributed by atoms with E-state index in [9.17, 15) is 0 Å². The van der Waals surface area contributed by atoms with E-state index in [4.69, 9.17) is 0 Å². The second-order valence-electron chi connectivity index (χ2n) is 27.4. The monoisotopic (exact) mass is 1600 g/mol. The first-order valence-electron chi connectivity index (χ1n) is 37.0. The van der Waals surface area contributed by atoms with E-state index in [-0.39, 0.29) is 20.1 Å². The summed E-state index contributed by atoms with van der Waals surface area (Å²) in [5.74, 6) is 0. The van der Waals surface area contributed by atoms with Crippen molar-refractivity contribution in [1.29, 1.82) is 0 Å². The van der Waals surface area contributed by atoms with Crippen LogP contribution in [-0.4, -0.2) is 18.7 Å². The predicted molar refractivity (Wildman–Crippen MR) is 460 cm³/mol. The van der Waals surface area contributed by atoms with Crippen molar-refractivity contribution in [3.8, 4) is 50.8 Å². The van der Waals surface area contributed by atoms with Gasteiger partial charge in [0, 0.05) is 118 Å². The molecule has 6 heterocycles. The van der Waals surface area contributed by atoms with E-state index in [0.29, 0.717) is 0 Å². The van der Waals surface area contributed by atoms with E-state index in [1.165, 1.54) is 97.7 Å². The Labute approximate surface area is 659 Å². The Morgan fingerprint density at radius 3 is 0.964 bits per heavy atom. The first-order valence-corrected chi connectivity index (χ1v) is 37.0. The van der Waals surface area contributed by atoms with Crippen molar-refractivity contribution in [1.82, 2.24) is 18.7 Å². The second kappa shape index (κ2) is 30.6. The van der Waals surface area contributed by atoms with Crippen molar-refractivity contribution < 1.29 is 29.2 Å². The van der Waals surface area contributed by atoms with Gasteiger partial charge in [0.1, 0.15) is 5.69 Å². The molecule has 0 aliphatic rings. The van der Waals surface area contributed by atoms with Gasteiger partial charge < -0.3 is 27.7 Å². The van der Waals surface area contributed by atoms with Gasteiger partial charge in [-0.25, -0.2) is 0 Å². The summed E-state index contributed by atoms with van der Waals surface area (Å²) < 4.78 is 10.9. The molecule has 15 aromatic carbocycles. The molecule has 0 unspecified atom stereocenters. The quantitative estimate of drug-likeness (QED) is 0.107. The Hall–Kier alpha value is -14.1. The summed E-state index contributed by atoms with van der Waals surface area (Å²) in [6.07, 6.45) is 5.83. The predicted octanol–water partition coefficient (Wildman–Crippen LogP) is 25.4. The zero-order valence-electron chi connectivity index (χ0n) is 60.9. The third kappa shape index (κ3) is 13.2. The Balaban J connectivity index is 0.000000136. The van der Waals surface area contributed by atoms with E-state index < -0.39 is 0 Å². The summed E-state index contributed by atoms with van der Waals surface area (Å²) in [7, 11) is 8.12. The number of anilines is 3. The number of pyridine rings is 3. The van der Waals surface area contributed by atoms with Crippen LogP contribution < -0.4 is 14.0 Å². The van der Waals surface area contributed by atoms with E-state index in [0.717, 1.165) is 79.0 Å². The van der Waals surface area contributed by atoms with Gasteiger partial charge in [-0.15, -0.1) is 65.7 Å². The van der Waals surface area contributed by atoms with Gasteiger partial charge in [0.25, 0.3) is 0 Å². The maximum absolute atomic E-state index is 4.50. The number of benzene rings is 15. The van der Waals surface area contributed by atoms with E-state index in [1.54, 1.807) is 0 Å². The summed E-state index contributed by atoms with van der Waals surface area (Å²) in [4.78, 5) is 6.86. The molecule has 0 aliphatic heterocycles. The molecule has 0 aliphatic carbocycles. The minimum Gasteiger partial charge on any atom is -0.343 e. The molecule has 1 radical (unpaired) electrons. The van der Waals surface area contributed by atoms with Gasteiger partial charge in [-0.3, -0.25) is 4.98 Å². The fourth-order valence-electron chi connectivity index (χ4n) is 15.8. The van der Waals surface area contributed by atoms with Crippen LogP contribution in [-0.2, 0) is 20.1 Å². The molecule has 0 bridgehead atoms. The molecule has 0 N–H and O–H groups in total. The van der Waals surface area contributed by atoms with E-state index >= 15 is 0 Å².